The molecular formula is C13H8ClIN2O. The van der Waals surface area contributed by atoms with Crippen LogP contribution in [0.5, 0.6) is 0 Å². The number of oxazole rings is 1. The van der Waals surface area contributed by atoms with E-state index in [2.05, 4.69) is 27.6 Å². The Balaban J connectivity index is 2.22. The first kappa shape index (κ1) is 11.8. The molecule has 0 aliphatic rings. The molecule has 0 amide bonds. The lowest BCUT2D eigenvalue weighted by atomic mass is 10.2. The summed E-state index contributed by atoms with van der Waals surface area (Å²) < 4.78 is 6.77. The van der Waals surface area contributed by atoms with Gasteiger partial charge < -0.3 is 10.2 Å². The summed E-state index contributed by atoms with van der Waals surface area (Å²) in [5.41, 5.74) is 8.59. The van der Waals surface area contributed by atoms with E-state index in [1.54, 1.807) is 12.1 Å². The Labute approximate surface area is 122 Å². The van der Waals surface area contributed by atoms with Gasteiger partial charge in [0, 0.05) is 15.3 Å². The van der Waals surface area contributed by atoms with Crippen molar-refractivity contribution in [2.45, 2.75) is 0 Å². The molecule has 3 rings (SSSR count). The first-order chi connectivity index (χ1) is 8.63. The van der Waals surface area contributed by atoms with Crippen molar-refractivity contribution in [2.24, 2.45) is 0 Å². The van der Waals surface area contributed by atoms with E-state index >= 15 is 0 Å². The molecule has 0 radical (unpaired) electrons. The quantitative estimate of drug-likeness (QED) is 0.512. The molecule has 0 aliphatic carbocycles. The molecule has 5 heteroatoms. The van der Waals surface area contributed by atoms with E-state index in [1.165, 1.54) is 0 Å². The van der Waals surface area contributed by atoms with Crippen LogP contribution < -0.4 is 5.73 Å². The first-order valence-electron chi connectivity index (χ1n) is 5.25. The number of nitrogens with two attached hydrogens (primary N) is 1. The van der Waals surface area contributed by atoms with E-state index in [0.29, 0.717) is 22.2 Å². The van der Waals surface area contributed by atoms with Crippen LogP contribution in [0.2, 0.25) is 5.02 Å². The minimum atomic E-state index is 0.513. The molecule has 18 heavy (non-hydrogen) atoms. The predicted molar refractivity (Wildman–Crippen MR) is 81.6 cm³/mol. The van der Waals surface area contributed by atoms with E-state index < -0.39 is 0 Å². The van der Waals surface area contributed by atoms with Crippen LogP contribution in [0.15, 0.2) is 40.8 Å². The van der Waals surface area contributed by atoms with Gasteiger partial charge in [0.05, 0.1) is 10.6 Å². The predicted octanol–water partition coefficient (Wildman–Crippen LogP) is 4.34. The highest BCUT2D eigenvalue weighted by molar-refractivity contribution is 14.1. The lowest BCUT2D eigenvalue weighted by molar-refractivity contribution is 0.620. The van der Waals surface area contributed by atoms with Gasteiger partial charge >= 0.3 is 0 Å². The van der Waals surface area contributed by atoms with Crippen molar-refractivity contribution in [3.8, 4) is 11.5 Å². The van der Waals surface area contributed by atoms with Crippen molar-refractivity contribution in [3.63, 3.8) is 0 Å². The van der Waals surface area contributed by atoms with Crippen molar-refractivity contribution in [3.05, 3.63) is 45.0 Å². The van der Waals surface area contributed by atoms with Crippen LogP contribution >= 0.6 is 34.2 Å². The molecule has 0 spiro atoms. The Morgan fingerprint density at radius 1 is 1.17 bits per heavy atom. The average Bonchev–Trinajstić information content (AvgIpc) is 2.74. The monoisotopic (exact) mass is 370 g/mol. The smallest absolute Gasteiger partial charge is 0.228 e. The summed E-state index contributed by atoms with van der Waals surface area (Å²) in [4.78, 5) is 4.42. The summed E-state index contributed by atoms with van der Waals surface area (Å²) in [6, 6.07) is 11.1. The van der Waals surface area contributed by atoms with E-state index in [4.69, 9.17) is 21.8 Å². The van der Waals surface area contributed by atoms with Gasteiger partial charge in [-0.05, 0) is 52.9 Å². The summed E-state index contributed by atoms with van der Waals surface area (Å²) in [5.74, 6) is 0.513. The Kier molecular flexibility index (Phi) is 2.91. The zero-order valence-electron chi connectivity index (χ0n) is 9.15. The second-order valence-electron chi connectivity index (χ2n) is 3.87. The summed E-state index contributed by atoms with van der Waals surface area (Å²) in [7, 11) is 0. The lowest BCUT2D eigenvalue weighted by Gasteiger charge is -1.99. The molecule has 0 bridgehead atoms. The van der Waals surface area contributed by atoms with E-state index in [-0.39, 0.29) is 0 Å². The Hall–Kier alpha value is -1.27. The number of benzene rings is 2. The maximum atomic E-state index is 6.16. The summed E-state index contributed by atoms with van der Waals surface area (Å²) in [6.45, 7) is 0. The number of aromatic nitrogens is 1. The van der Waals surface area contributed by atoms with Crippen molar-refractivity contribution in [2.75, 3.05) is 5.73 Å². The molecule has 0 aliphatic heterocycles. The third-order valence-corrected chi connectivity index (χ3v) is 3.57. The fraction of sp³-hybridized carbons (Fsp3) is 0. The van der Waals surface area contributed by atoms with Crippen molar-refractivity contribution < 1.29 is 4.42 Å². The number of hydrogen-bond acceptors (Lipinski definition) is 3. The van der Waals surface area contributed by atoms with Gasteiger partial charge in [-0.1, -0.05) is 11.6 Å². The van der Waals surface area contributed by atoms with Crippen LogP contribution in [-0.4, -0.2) is 4.98 Å². The van der Waals surface area contributed by atoms with Gasteiger partial charge in [-0.15, -0.1) is 0 Å². The maximum Gasteiger partial charge on any atom is 0.228 e. The second-order valence-corrected chi connectivity index (χ2v) is 5.52. The molecule has 90 valence electrons. The number of nitrogens with zero attached hydrogens (tertiary/aromatic N) is 1. The van der Waals surface area contributed by atoms with E-state index in [1.807, 2.05) is 24.3 Å². The number of hydrogen-bond donors (Lipinski definition) is 1. The van der Waals surface area contributed by atoms with Gasteiger partial charge in [0.15, 0.2) is 5.58 Å². The lowest BCUT2D eigenvalue weighted by Crippen LogP contribution is -1.82. The molecule has 0 atom stereocenters. The van der Waals surface area contributed by atoms with E-state index in [9.17, 15) is 0 Å². The molecule has 2 aromatic carbocycles. The topological polar surface area (TPSA) is 52.0 Å². The third-order valence-electron chi connectivity index (χ3n) is 2.57. The minimum Gasteiger partial charge on any atom is -0.436 e. The van der Waals surface area contributed by atoms with Crippen molar-refractivity contribution in [1.29, 1.82) is 0 Å². The number of nitrogen functional groups attached to an aromatic ring is 1. The largest absolute Gasteiger partial charge is 0.436 e. The van der Waals surface area contributed by atoms with Gasteiger partial charge in [-0.25, -0.2) is 4.98 Å². The van der Waals surface area contributed by atoms with Crippen LogP contribution in [-0.2, 0) is 0 Å². The van der Waals surface area contributed by atoms with Crippen LogP contribution in [0, 0.1) is 3.57 Å². The number of fused-ring (bicyclic) bond motifs is 1. The van der Waals surface area contributed by atoms with Gasteiger partial charge in [0.2, 0.25) is 5.89 Å². The molecule has 0 saturated heterocycles. The van der Waals surface area contributed by atoms with Crippen molar-refractivity contribution >= 4 is 51.0 Å². The SMILES string of the molecule is Nc1ccc2nc(-c3cc(I)ccc3Cl)oc2c1. The number of rotatable bonds is 1. The van der Waals surface area contributed by atoms with Gasteiger partial charge in [-0.2, -0.15) is 0 Å². The molecule has 3 aromatic rings. The standard InChI is InChI=1S/C13H8ClIN2O/c14-10-3-1-7(15)5-9(10)13-17-11-4-2-8(16)6-12(11)18-13/h1-6H,16H2. The average molecular weight is 371 g/mol. The van der Waals surface area contributed by atoms with Gasteiger partial charge in [-0.3, -0.25) is 0 Å². The zero-order valence-corrected chi connectivity index (χ0v) is 12.1. The zero-order chi connectivity index (χ0) is 12.7. The summed E-state index contributed by atoms with van der Waals surface area (Å²) >= 11 is 8.39. The van der Waals surface area contributed by atoms with Crippen LogP contribution in [0.4, 0.5) is 5.69 Å². The van der Waals surface area contributed by atoms with Gasteiger partial charge in [0.1, 0.15) is 5.52 Å². The number of halogens is 2. The molecule has 0 unspecified atom stereocenters. The Morgan fingerprint density at radius 3 is 2.83 bits per heavy atom. The normalized spacial score (nSPS) is 11.0. The minimum absolute atomic E-state index is 0.513. The molecule has 3 nitrogen and oxygen atoms in total. The Bertz CT molecular complexity index is 739. The fourth-order valence-corrected chi connectivity index (χ4v) is 2.41. The Morgan fingerprint density at radius 2 is 2.00 bits per heavy atom. The molecule has 1 aromatic heterocycles. The molecule has 0 saturated carbocycles. The molecule has 1 heterocycles. The molecule has 2 N–H and O–H groups in total. The highest BCUT2D eigenvalue weighted by Crippen LogP contribution is 2.31. The second kappa shape index (κ2) is 4.44. The number of anilines is 1. The van der Waals surface area contributed by atoms with Crippen LogP contribution in [0.25, 0.3) is 22.6 Å². The van der Waals surface area contributed by atoms with Crippen molar-refractivity contribution in [1.82, 2.24) is 4.98 Å². The van der Waals surface area contributed by atoms with Crippen LogP contribution in [0.1, 0.15) is 0 Å². The highest BCUT2D eigenvalue weighted by Gasteiger charge is 2.12. The third kappa shape index (κ3) is 2.06. The fourth-order valence-electron chi connectivity index (χ4n) is 1.72. The maximum absolute atomic E-state index is 6.16. The van der Waals surface area contributed by atoms with E-state index in [0.717, 1.165) is 14.7 Å². The summed E-state index contributed by atoms with van der Waals surface area (Å²) in [6.07, 6.45) is 0. The van der Waals surface area contributed by atoms with Gasteiger partial charge in [0.25, 0.3) is 0 Å². The molecular weight excluding hydrogens is 363 g/mol. The molecule has 0 fully saturated rings. The first-order valence-corrected chi connectivity index (χ1v) is 6.70. The van der Waals surface area contributed by atoms with Crippen LogP contribution in [0.3, 0.4) is 0 Å². The summed E-state index contributed by atoms with van der Waals surface area (Å²) in [5, 5.41) is 0.620. The highest BCUT2D eigenvalue weighted by atomic mass is 127.